The molecule has 0 saturated heterocycles. The summed E-state index contributed by atoms with van der Waals surface area (Å²) in [6.45, 7) is 4.37. The van der Waals surface area contributed by atoms with Crippen molar-refractivity contribution in [2.75, 3.05) is 13.2 Å². The topological polar surface area (TPSA) is 27.1 Å². The van der Waals surface area contributed by atoms with E-state index in [4.69, 9.17) is 4.74 Å². The Balaban J connectivity index is 2.07. The van der Waals surface area contributed by atoms with E-state index < -0.39 is 13.0 Å². The number of hydrogen-bond donors (Lipinski definition) is 0. The molecule has 0 saturated carbocycles. The zero-order chi connectivity index (χ0) is 13.1. The van der Waals surface area contributed by atoms with Crippen LogP contribution in [0.4, 0.5) is 8.78 Å². The Morgan fingerprint density at radius 1 is 1.28 bits per heavy atom. The Labute approximate surface area is 104 Å². The van der Waals surface area contributed by atoms with Crippen molar-refractivity contribution in [1.82, 2.24) is 9.55 Å². The number of rotatable bonds is 5. The molecule has 0 bridgehead atoms. The highest BCUT2D eigenvalue weighted by Crippen LogP contribution is 2.18. The molecule has 0 aliphatic heterocycles. The van der Waals surface area contributed by atoms with Gasteiger partial charge in [-0.2, -0.15) is 0 Å². The summed E-state index contributed by atoms with van der Waals surface area (Å²) in [7, 11) is 0. The fraction of sp³-hybridized carbons (Fsp3) is 0.462. The first-order chi connectivity index (χ1) is 8.58. The third-order valence-electron chi connectivity index (χ3n) is 2.96. The quantitative estimate of drug-likeness (QED) is 0.767. The van der Waals surface area contributed by atoms with E-state index in [1.165, 1.54) is 11.1 Å². The van der Waals surface area contributed by atoms with Crippen molar-refractivity contribution in [3.63, 3.8) is 0 Å². The molecule has 0 unspecified atom stereocenters. The largest absolute Gasteiger partial charge is 0.374 e. The summed E-state index contributed by atoms with van der Waals surface area (Å²) in [5.41, 5.74) is 4.32. The van der Waals surface area contributed by atoms with Gasteiger partial charge in [-0.3, -0.25) is 0 Å². The maximum atomic E-state index is 11.9. The van der Waals surface area contributed by atoms with Crippen molar-refractivity contribution >= 4 is 11.0 Å². The van der Waals surface area contributed by atoms with E-state index in [0.29, 0.717) is 6.54 Å². The van der Waals surface area contributed by atoms with E-state index in [1.807, 2.05) is 24.5 Å². The first-order valence-corrected chi connectivity index (χ1v) is 5.86. The fourth-order valence-electron chi connectivity index (χ4n) is 1.83. The molecule has 1 aromatic heterocycles. The molecule has 2 rings (SSSR count). The summed E-state index contributed by atoms with van der Waals surface area (Å²) in [6, 6.07) is 4.09. The lowest BCUT2D eigenvalue weighted by Crippen LogP contribution is -2.10. The predicted molar refractivity (Wildman–Crippen MR) is 66.0 cm³/mol. The normalized spacial score (nSPS) is 11.6. The van der Waals surface area contributed by atoms with Crippen LogP contribution in [0.25, 0.3) is 11.0 Å². The van der Waals surface area contributed by atoms with Gasteiger partial charge in [-0.15, -0.1) is 0 Å². The van der Waals surface area contributed by atoms with Crippen molar-refractivity contribution in [2.45, 2.75) is 26.8 Å². The van der Waals surface area contributed by atoms with Crippen molar-refractivity contribution in [2.24, 2.45) is 0 Å². The molecule has 0 amide bonds. The summed E-state index contributed by atoms with van der Waals surface area (Å²) < 4.78 is 30.6. The number of halogens is 2. The van der Waals surface area contributed by atoms with Gasteiger partial charge in [0.05, 0.1) is 24.0 Å². The Kier molecular flexibility index (Phi) is 3.91. The first-order valence-electron chi connectivity index (χ1n) is 5.86. The highest BCUT2D eigenvalue weighted by Gasteiger charge is 2.06. The SMILES string of the molecule is Cc1cc2ncn(CCOCC(F)F)c2cc1C. The maximum absolute atomic E-state index is 11.9. The van der Waals surface area contributed by atoms with Gasteiger partial charge in [-0.1, -0.05) is 0 Å². The number of ether oxygens (including phenoxy) is 1. The van der Waals surface area contributed by atoms with Gasteiger partial charge >= 0.3 is 0 Å². The van der Waals surface area contributed by atoms with Gasteiger partial charge in [0.25, 0.3) is 6.43 Å². The van der Waals surface area contributed by atoms with Crippen LogP contribution >= 0.6 is 0 Å². The molecule has 18 heavy (non-hydrogen) atoms. The minimum absolute atomic E-state index is 0.267. The number of benzene rings is 1. The number of nitrogens with zero attached hydrogens (tertiary/aromatic N) is 2. The van der Waals surface area contributed by atoms with Crippen LogP contribution in [0, 0.1) is 13.8 Å². The molecular formula is C13H16F2N2O. The van der Waals surface area contributed by atoms with Gasteiger partial charge in [-0.25, -0.2) is 13.8 Å². The predicted octanol–water partition coefficient (Wildman–Crippen LogP) is 2.93. The Morgan fingerprint density at radius 3 is 2.72 bits per heavy atom. The summed E-state index contributed by atoms with van der Waals surface area (Å²) >= 11 is 0. The standard InChI is InChI=1S/C13H16F2N2O/c1-9-5-11-12(6-10(9)2)17(8-16-11)3-4-18-7-13(14)15/h5-6,8,13H,3-4,7H2,1-2H3. The van der Waals surface area contributed by atoms with Crippen molar-refractivity contribution in [1.29, 1.82) is 0 Å². The second-order valence-electron chi connectivity index (χ2n) is 4.33. The molecule has 5 heteroatoms. The minimum Gasteiger partial charge on any atom is -0.374 e. The van der Waals surface area contributed by atoms with E-state index in [2.05, 4.69) is 11.1 Å². The van der Waals surface area contributed by atoms with Crippen LogP contribution in [0.1, 0.15) is 11.1 Å². The van der Waals surface area contributed by atoms with E-state index in [1.54, 1.807) is 6.33 Å². The first kappa shape index (κ1) is 13.0. The van der Waals surface area contributed by atoms with Crippen LogP contribution in [0.15, 0.2) is 18.5 Å². The molecule has 0 N–H and O–H groups in total. The van der Waals surface area contributed by atoms with Gasteiger partial charge in [0.1, 0.15) is 6.61 Å². The second kappa shape index (κ2) is 5.44. The average Bonchev–Trinajstić information content (AvgIpc) is 2.68. The van der Waals surface area contributed by atoms with Crippen molar-refractivity contribution in [3.05, 3.63) is 29.6 Å². The molecule has 0 spiro atoms. The van der Waals surface area contributed by atoms with Crippen molar-refractivity contribution < 1.29 is 13.5 Å². The lowest BCUT2D eigenvalue weighted by atomic mass is 10.1. The smallest absolute Gasteiger partial charge is 0.261 e. The van der Waals surface area contributed by atoms with Gasteiger partial charge in [0.15, 0.2) is 0 Å². The molecule has 98 valence electrons. The van der Waals surface area contributed by atoms with Crippen LogP contribution in [-0.2, 0) is 11.3 Å². The molecule has 0 radical (unpaired) electrons. The summed E-state index contributed by atoms with van der Waals surface area (Å²) in [6.07, 6.45) is -0.690. The number of imidazole rings is 1. The molecule has 0 aliphatic rings. The molecule has 0 aliphatic carbocycles. The monoisotopic (exact) mass is 254 g/mol. The number of aromatic nitrogens is 2. The van der Waals surface area contributed by atoms with Crippen LogP contribution in [-0.4, -0.2) is 29.2 Å². The maximum Gasteiger partial charge on any atom is 0.261 e. The van der Waals surface area contributed by atoms with Crippen LogP contribution in [0.3, 0.4) is 0 Å². The lowest BCUT2D eigenvalue weighted by molar-refractivity contribution is 0.0150. The Hall–Kier alpha value is -1.49. The summed E-state index contributed by atoms with van der Waals surface area (Å²) in [4.78, 5) is 4.29. The van der Waals surface area contributed by atoms with Crippen LogP contribution in [0.2, 0.25) is 0 Å². The van der Waals surface area contributed by atoms with E-state index >= 15 is 0 Å². The highest BCUT2D eigenvalue weighted by atomic mass is 19.3. The Bertz CT molecular complexity index is 537. The van der Waals surface area contributed by atoms with E-state index in [9.17, 15) is 8.78 Å². The zero-order valence-electron chi connectivity index (χ0n) is 10.5. The second-order valence-corrected chi connectivity index (χ2v) is 4.33. The fourth-order valence-corrected chi connectivity index (χ4v) is 1.83. The molecule has 1 heterocycles. The summed E-state index contributed by atoms with van der Waals surface area (Å²) in [5, 5.41) is 0. The summed E-state index contributed by atoms with van der Waals surface area (Å²) in [5.74, 6) is 0. The zero-order valence-corrected chi connectivity index (χ0v) is 10.5. The average molecular weight is 254 g/mol. The number of alkyl halides is 2. The van der Waals surface area contributed by atoms with Crippen LogP contribution < -0.4 is 0 Å². The van der Waals surface area contributed by atoms with Gasteiger partial charge < -0.3 is 9.30 Å². The van der Waals surface area contributed by atoms with E-state index in [-0.39, 0.29) is 6.61 Å². The van der Waals surface area contributed by atoms with E-state index in [0.717, 1.165) is 11.0 Å². The molecule has 3 nitrogen and oxygen atoms in total. The molecule has 1 aromatic carbocycles. The van der Waals surface area contributed by atoms with Gasteiger partial charge in [0.2, 0.25) is 0 Å². The Morgan fingerprint density at radius 2 is 2.00 bits per heavy atom. The number of fused-ring (bicyclic) bond motifs is 1. The third-order valence-corrected chi connectivity index (χ3v) is 2.96. The number of aryl methyl sites for hydroxylation is 2. The van der Waals surface area contributed by atoms with Crippen molar-refractivity contribution in [3.8, 4) is 0 Å². The third kappa shape index (κ3) is 2.85. The molecular weight excluding hydrogens is 238 g/mol. The molecule has 0 atom stereocenters. The molecule has 2 aromatic rings. The van der Waals surface area contributed by atoms with Gasteiger partial charge in [0, 0.05) is 6.54 Å². The van der Waals surface area contributed by atoms with Crippen LogP contribution in [0.5, 0.6) is 0 Å². The highest BCUT2D eigenvalue weighted by molar-refractivity contribution is 5.77. The van der Waals surface area contributed by atoms with Gasteiger partial charge in [-0.05, 0) is 37.1 Å². The minimum atomic E-state index is -2.41. The number of hydrogen-bond acceptors (Lipinski definition) is 2. The lowest BCUT2D eigenvalue weighted by Gasteiger charge is -2.07. The molecule has 0 fully saturated rings.